The molecule has 1 fully saturated rings. The molecule has 2 amide bonds. The van der Waals surface area contributed by atoms with Crippen LogP contribution in [0.15, 0.2) is 18.2 Å². The molecule has 0 unspecified atom stereocenters. The van der Waals surface area contributed by atoms with Crippen molar-refractivity contribution in [3.05, 3.63) is 40.7 Å². The highest BCUT2D eigenvalue weighted by atomic mass is 16.6. The highest BCUT2D eigenvalue weighted by Gasteiger charge is 2.47. The van der Waals surface area contributed by atoms with Crippen LogP contribution in [-0.4, -0.2) is 92.9 Å². The van der Waals surface area contributed by atoms with Crippen molar-refractivity contribution < 1.29 is 29.0 Å². The van der Waals surface area contributed by atoms with Gasteiger partial charge in [0.25, 0.3) is 5.91 Å². The van der Waals surface area contributed by atoms with Gasteiger partial charge in [0.1, 0.15) is 5.60 Å². The summed E-state index contributed by atoms with van der Waals surface area (Å²) in [6.45, 7) is 12.1. The van der Waals surface area contributed by atoms with Crippen molar-refractivity contribution in [1.29, 1.82) is 0 Å². The van der Waals surface area contributed by atoms with Gasteiger partial charge in [-0.2, -0.15) is 0 Å². The third-order valence-corrected chi connectivity index (χ3v) is 8.39. The molecule has 2 aliphatic rings. The Balaban J connectivity index is 1.72. The number of unbranched alkanes of at least 4 members (excludes halogenated alkanes) is 1. The molecule has 1 aliphatic carbocycles. The molecule has 4 rings (SSSR count). The number of aryl methyl sites for hydroxylation is 2. The van der Waals surface area contributed by atoms with Crippen LogP contribution in [0.3, 0.4) is 0 Å². The number of carboxylic acid groups (broad SMARTS) is 1. The molecule has 2 heterocycles. The predicted octanol–water partition coefficient (Wildman–Crippen LogP) is 4.92. The lowest BCUT2D eigenvalue weighted by atomic mass is 9.79. The van der Waals surface area contributed by atoms with E-state index in [9.17, 15) is 19.5 Å². The molecule has 1 N–H and O–H groups in total. The Labute approximate surface area is 260 Å². The van der Waals surface area contributed by atoms with Crippen molar-refractivity contribution in [1.82, 2.24) is 24.8 Å². The molecule has 44 heavy (non-hydrogen) atoms. The monoisotopic (exact) mass is 611 g/mol. The van der Waals surface area contributed by atoms with Crippen LogP contribution in [0.2, 0.25) is 0 Å². The van der Waals surface area contributed by atoms with E-state index in [0.717, 1.165) is 43.5 Å². The largest absolute Gasteiger partial charge is 0.481 e. The van der Waals surface area contributed by atoms with Crippen LogP contribution in [0.4, 0.5) is 4.79 Å². The number of aliphatic carboxylic acids is 1. The maximum absolute atomic E-state index is 14.5. The second-order valence-electron chi connectivity index (χ2n) is 14.0. The molecule has 242 valence electrons. The van der Waals surface area contributed by atoms with Crippen molar-refractivity contribution >= 4 is 18.0 Å². The molecule has 0 saturated carbocycles. The number of carboxylic acids is 1. The molecule has 2 atom stereocenters. The molecule has 0 bridgehead atoms. The Morgan fingerprint density at radius 1 is 1.16 bits per heavy atom. The number of nitrogens with zero attached hydrogens (tertiary/aromatic N) is 5. The summed E-state index contributed by atoms with van der Waals surface area (Å²) in [4.78, 5) is 43.3. The highest BCUT2D eigenvalue weighted by Crippen LogP contribution is 2.34. The summed E-state index contributed by atoms with van der Waals surface area (Å²) in [6.07, 6.45) is 5.00. The normalized spacial score (nSPS) is 20.1. The fraction of sp³-hybridized carbons (Fsp3) is 0.667. The van der Waals surface area contributed by atoms with Gasteiger partial charge in [0, 0.05) is 33.4 Å². The number of benzene rings is 1. The van der Waals surface area contributed by atoms with E-state index in [4.69, 9.17) is 9.47 Å². The number of ether oxygens (including phenoxy) is 2. The third kappa shape index (κ3) is 7.78. The van der Waals surface area contributed by atoms with E-state index in [2.05, 4.69) is 22.4 Å². The lowest BCUT2D eigenvalue weighted by Gasteiger charge is -2.46. The zero-order valence-corrected chi connectivity index (χ0v) is 27.4. The van der Waals surface area contributed by atoms with Crippen molar-refractivity contribution in [2.75, 3.05) is 33.4 Å². The van der Waals surface area contributed by atoms with E-state index in [1.807, 2.05) is 19.9 Å². The molecule has 1 saturated heterocycles. The summed E-state index contributed by atoms with van der Waals surface area (Å²) in [5, 5.41) is 19.2. The molecule has 1 aromatic heterocycles. The minimum absolute atomic E-state index is 0.00326. The maximum Gasteiger partial charge on any atom is 0.410 e. The summed E-state index contributed by atoms with van der Waals surface area (Å²) in [5.74, 6) is -1.24. The standard InChI is InChI=1S/C33H49N5O6/c1-22(2)19-37(26-18-33(6,30(40)41)21-36(20-26)31(42)44-32(3,4)5)29(39)28-27(13-8-9-16-43-7)38(35-34-28)25-15-14-23-11-10-12-24(23)17-25/h14-15,17,22,26H,8-13,16,18-21H2,1-7H3,(H,40,41)/t26-,33+/m0/s1. The van der Waals surface area contributed by atoms with Gasteiger partial charge < -0.3 is 24.4 Å². The molecule has 0 spiro atoms. The first-order chi connectivity index (χ1) is 20.7. The molecular weight excluding hydrogens is 562 g/mol. The number of piperidine rings is 1. The van der Waals surface area contributed by atoms with Gasteiger partial charge in [-0.05, 0) is 102 Å². The zero-order valence-electron chi connectivity index (χ0n) is 27.4. The number of hydrogen-bond donors (Lipinski definition) is 1. The van der Waals surface area contributed by atoms with Gasteiger partial charge in [0.15, 0.2) is 5.69 Å². The topological polar surface area (TPSA) is 127 Å². The summed E-state index contributed by atoms with van der Waals surface area (Å²) < 4.78 is 12.7. The number of amides is 2. The number of methoxy groups -OCH3 is 1. The zero-order chi connectivity index (χ0) is 32.2. The number of hydrogen-bond acceptors (Lipinski definition) is 7. The molecule has 2 aromatic rings. The average molecular weight is 612 g/mol. The van der Waals surface area contributed by atoms with E-state index in [1.165, 1.54) is 16.0 Å². The predicted molar refractivity (Wildman–Crippen MR) is 166 cm³/mol. The van der Waals surface area contributed by atoms with Gasteiger partial charge in [0.2, 0.25) is 0 Å². The second-order valence-corrected chi connectivity index (χ2v) is 14.0. The summed E-state index contributed by atoms with van der Waals surface area (Å²) in [7, 11) is 1.67. The quantitative estimate of drug-likeness (QED) is 0.355. The van der Waals surface area contributed by atoms with Gasteiger partial charge in [-0.1, -0.05) is 25.1 Å². The Morgan fingerprint density at radius 3 is 2.55 bits per heavy atom. The summed E-state index contributed by atoms with van der Waals surface area (Å²) >= 11 is 0. The van der Waals surface area contributed by atoms with Crippen LogP contribution in [0.25, 0.3) is 5.69 Å². The van der Waals surface area contributed by atoms with E-state index < -0.39 is 29.1 Å². The van der Waals surface area contributed by atoms with E-state index in [0.29, 0.717) is 19.6 Å². The first-order valence-corrected chi connectivity index (χ1v) is 15.8. The summed E-state index contributed by atoms with van der Waals surface area (Å²) in [5.41, 5.74) is 2.50. The van der Waals surface area contributed by atoms with Gasteiger partial charge in [-0.3, -0.25) is 9.59 Å². The first kappa shape index (κ1) is 33.4. The highest BCUT2D eigenvalue weighted by molar-refractivity contribution is 5.94. The number of likely N-dealkylation sites (tertiary alicyclic amines) is 1. The summed E-state index contributed by atoms with van der Waals surface area (Å²) in [6, 6.07) is 5.77. The van der Waals surface area contributed by atoms with Crippen LogP contribution >= 0.6 is 0 Å². The van der Waals surface area contributed by atoms with Crippen LogP contribution in [0.1, 0.15) is 94.5 Å². The second kappa shape index (κ2) is 13.7. The van der Waals surface area contributed by atoms with E-state index in [-0.39, 0.29) is 37.0 Å². The number of carbonyl (C=O) groups is 3. The van der Waals surface area contributed by atoms with E-state index >= 15 is 0 Å². The molecule has 11 nitrogen and oxygen atoms in total. The van der Waals surface area contributed by atoms with Crippen molar-refractivity contribution in [3.8, 4) is 5.69 Å². The molecule has 11 heteroatoms. The minimum atomic E-state index is -1.26. The molecule has 1 aliphatic heterocycles. The fourth-order valence-electron chi connectivity index (χ4n) is 6.27. The van der Waals surface area contributed by atoms with Gasteiger partial charge in [-0.15, -0.1) is 5.10 Å². The number of rotatable bonds is 11. The van der Waals surface area contributed by atoms with Crippen molar-refractivity contribution in [2.24, 2.45) is 11.3 Å². The van der Waals surface area contributed by atoms with Gasteiger partial charge in [0.05, 0.1) is 22.8 Å². The Bertz CT molecular complexity index is 1350. The van der Waals surface area contributed by atoms with Crippen LogP contribution < -0.4 is 0 Å². The molecule has 1 aromatic carbocycles. The van der Waals surface area contributed by atoms with Crippen LogP contribution in [0, 0.1) is 11.3 Å². The Hall–Kier alpha value is -3.47. The molecule has 0 radical (unpaired) electrons. The first-order valence-electron chi connectivity index (χ1n) is 15.8. The van der Waals surface area contributed by atoms with E-state index in [1.54, 1.807) is 44.4 Å². The van der Waals surface area contributed by atoms with Crippen molar-refractivity contribution in [3.63, 3.8) is 0 Å². The number of carbonyl (C=O) groups excluding carboxylic acids is 2. The lowest BCUT2D eigenvalue weighted by Crippen LogP contribution is -2.60. The Kier molecular flexibility index (Phi) is 10.4. The fourth-order valence-corrected chi connectivity index (χ4v) is 6.27. The number of aromatic nitrogens is 3. The SMILES string of the molecule is COCCCCc1c(C(=O)N(CC(C)C)[C@@H]2CN(C(=O)OC(C)(C)C)C[C@](C)(C(=O)O)C2)nnn1-c1ccc2c(c1)CCC2. The maximum atomic E-state index is 14.5. The molecular formula is C33H49N5O6. The van der Waals surface area contributed by atoms with Gasteiger partial charge >= 0.3 is 12.1 Å². The Morgan fingerprint density at radius 2 is 1.89 bits per heavy atom. The number of fused-ring (bicyclic) bond motifs is 1. The average Bonchev–Trinajstić information content (AvgIpc) is 3.59. The van der Waals surface area contributed by atoms with Crippen LogP contribution in [-0.2, 0) is 33.5 Å². The minimum Gasteiger partial charge on any atom is -0.481 e. The van der Waals surface area contributed by atoms with Crippen LogP contribution in [0.5, 0.6) is 0 Å². The third-order valence-electron chi connectivity index (χ3n) is 8.39. The smallest absolute Gasteiger partial charge is 0.410 e. The van der Waals surface area contributed by atoms with Gasteiger partial charge in [-0.25, -0.2) is 9.48 Å². The van der Waals surface area contributed by atoms with Crippen molar-refractivity contribution in [2.45, 2.75) is 98.1 Å². The lowest BCUT2D eigenvalue weighted by molar-refractivity contribution is -0.152.